The summed E-state index contributed by atoms with van der Waals surface area (Å²) in [4.78, 5) is 43.0. The summed E-state index contributed by atoms with van der Waals surface area (Å²) in [6.45, 7) is 9.05. The third-order valence-corrected chi connectivity index (χ3v) is 5.47. The number of ether oxygens (including phenoxy) is 1. The van der Waals surface area contributed by atoms with Crippen molar-refractivity contribution < 1.29 is 23.5 Å². The van der Waals surface area contributed by atoms with Gasteiger partial charge in [0.15, 0.2) is 11.9 Å². The summed E-state index contributed by atoms with van der Waals surface area (Å²) in [5, 5.41) is 0. The molecule has 2 heterocycles. The predicted molar refractivity (Wildman–Crippen MR) is 116 cm³/mol. The van der Waals surface area contributed by atoms with E-state index in [1.54, 1.807) is 41.0 Å². The maximum absolute atomic E-state index is 12.7. The Balaban J connectivity index is 1.51. The third-order valence-electron chi connectivity index (χ3n) is 5.47. The zero-order valence-corrected chi connectivity index (χ0v) is 18.2. The Morgan fingerprint density at radius 3 is 2.16 bits per heavy atom. The van der Waals surface area contributed by atoms with Crippen LogP contribution in [0.2, 0.25) is 0 Å². The van der Waals surface area contributed by atoms with Crippen LogP contribution in [0.15, 0.2) is 47.1 Å². The van der Waals surface area contributed by atoms with Gasteiger partial charge in [0.2, 0.25) is 0 Å². The minimum Gasteiger partial charge on any atom is -0.459 e. The molecule has 1 aromatic carbocycles. The first-order chi connectivity index (χ1) is 14.9. The molecule has 0 aliphatic carbocycles. The lowest BCUT2D eigenvalue weighted by molar-refractivity contribution is -0.141. The van der Waals surface area contributed by atoms with Crippen LogP contribution >= 0.6 is 0 Å². The van der Waals surface area contributed by atoms with E-state index in [1.807, 2.05) is 12.1 Å². The topological polar surface area (TPSA) is 83.3 Å². The van der Waals surface area contributed by atoms with Crippen molar-refractivity contribution in [2.45, 2.75) is 26.9 Å². The van der Waals surface area contributed by atoms with E-state index >= 15 is 0 Å². The Morgan fingerprint density at radius 1 is 1.00 bits per heavy atom. The van der Waals surface area contributed by atoms with Gasteiger partial charge in [0.25, 0.3) is 11.8 Å². The van der Waals surface area contributed by atoms with Crippen LogP contribution in [0.3, 0.4) is 0 Å². The molecule has 1 aromatic heterocycles. The highest BCUT2D eigenvalue weighted by Gasteiger charge is 2.30. The Labute approximate surface area is 182 Å². The SMILES string of the molecule is CCN(CC)c1ccc(C(=O)O[C@@H](C)C(=O)N2CCN(C(=O)c3ccco3)CC2)cc1. The van der Waals surface area contributed by atoms with Crippen LogP contribution in [0.4, 0.5) is 5.69 Å². The number of esters is 1. The molecule has 31 heavy (non-hydrogen) atoms. The smallest absolute Gasteiger partial charge is 0.338 e. The summed E-state index contributed by atoms with van der Waals surface area (Å²) in [5.74, 6) is -0.699. The highest BCUT2D eigenvalue weighted by atomic mass is 16.5. The second-order valence-corrected chi connectivity index (χ2v) is 7.36. The Bertz CT molecular complexity index is 882. The molecule has 0 spiro atoms. The van der Waals surface area contributed by atoms with Gasteiger partial charge in [-0.1, -0.05) is 0 Å². The number of hydrogen-bond acceptors (Lipinski definition) is 6. The zero-order chi connectivity index (χ0) is 22.4. The van der Waals surface area contributed by atoms with Crippen LogP contribution in [-0.4, -0.2) is 73.0 Å². The van der Waals surface area contributed by atoms with Crippen LogP contribution in [0.1, 0.15) is 41.7 Å². The number of nitrogens with zero attached hydrogens (tertiary/aromatic N) is 3. The first-order valence-corrected chi connectivity index (χ1v) is 10.6. The van der Waals surface area contributed by atoms with Crippen molar-refractivity contribution in [3.05, 3.63) is 54.0 Å². The molecule has 1 saturated heterocycles. The molecular weight excluding hydrogens is 398 g/mol. The molecule has 2 amide bonds. The van der Waals surface area contributed by atoms with E-state index in [1.165, 1.54) is 6.26 Å². The number of hydrogen-bond donors (Lipinski definition) is 0. The number of amides is 2. The van der Waals surface area contributed by atoms with Gasteiger partial charge in [-0.25, -0.2) is 4.79 Å². The first-order valence-electron chi connectivity index (χ1n) is 10.6. The van der Waals surface area contributed by atoms with Crippen molar-refractivity contribution in [3.8, 4) is 0 Å². The maximum Gasteiger partial charge on any atom is 0.338 e. The van der Waals surface area contributed by atoms with Gasteiger partial charge in [-0.2, -0.15) is 0 Å². The van der Waals surface area contributed by atoms with E-state index in [0.29, 0.717) is 31.7 Å². The molecular formula is C23H29N3O5. The van der Waals surface area contributed by atoms with E-state index in [2.05, 4.69) is 18.7 Å². The van der Waals surface area contributed by atoms with Gasteiger partial charge in [0.1, 0.15) is 0 Å². The Morgan fingerprint density at radius 2 is 1.61 bits per heavy atom. The van der Waals surface area contributed by atoms with Gasteiger partial charge >= 0.3 is 5.97 Å². The van der Waals surface area contributed by atoms with Crippen molar-refractivity contribution in [1.82, 2.24) is 9.80 Å². The van der Waals surface area contributed by atoms with E-state index < -0.39 is 12.1 Å². The van der Waals surface area contributed by atoms with Crippen LogP contribution < -0.4 is 4.90 Å². The fourth-order valence-corrected chi connectivity index (χ4v) is 3.62. The van der Waals surface area contributed by atoms with Gasteiger partial charge in [0, 0.05) is 45.0 Å². The number of anilines is 1. The molecule has 0 unspecified atom stereocenters. The van der Waals surface area contributed by atoms with Gasteiger partial charge in [-0.05, 0) is 57.2 Å². The predicted octanol–water partition coefficient (Wildman–Crippen LogP) is 2.66. The minimum absolute atomic E-state index is 0.190. The summed E-state index contributed by atoms with van der Waals surface area (Å²) in [7, 11) is 0. The summed E-state index contributed by atoms with van der Waals surface area (Å²) in [6, 6.07) is 10.5. The quantitative estimate of drug-likeness (QED) is 0.632. The highest BCUT2D eigenvalue weighted by molar-refractivity contribution is 5.93. The van der Waals surface area contributed by atoms with Crippen LogP contribution in [0, 0.1) is 0 Å². The molecule has 1 fully saturated rings. The monoisotopic (exact) mass is 427 g/mol. The van der Waals surface area contributed by atoms with Crippen molar-refractivity contribution in [3.63, 3.8) is 0 Å². The fourth-order valence-electron chi connectivity index (χ4n) is 3.62. The van der Waals surface area contributed by atoms with Gasteiger partial charge in [-0.3, -0.25) is 9.59 Å². The van der Waals surface area contributed by atoms with Crippen molar-refractivity contribution >= 4 is 23.5 Å². The standard InChI is InChI=1S/C23H29N3O5/c1-4-24(5-2)19-10-8-18(9-11-19)23(29)31-17(3)21(27)25-12-14-26(15-13-25)22(28)20-7-6-16-30-20/h6-11,16-17H,4-5,12-15H2,1-3H3/t17-/m0/s1. The van der Waals surface area contributed by atoms with Crippen molar-refractivity contribution in [2.75, 3.05) is 44.2 Å². The maximum atomic E-state index is 12.7. The Hall–Kier alpha value is -3.29. The number of carbonyl (C=O) groups is 3. The number of furan rings is 1. The molecule has 2 aromatic rings. The number of rotatable bonds is 7. The lowest BCUT2D eigenvalue weighted by Gasteiger charge is -2.35. The minimum atomic E-state index is -0.901. The second kappa shape index (κ2) is 10.1. The molecule has 0 saturated carbocycles. The molecule has 0 radical (unpaired) electrons. The molecule has 1 aliphatic rings. The number of carbonyl (C=O) groups excluding carboxylic acids is 3. The van der Waals surface area contributed by atoms with E-state index in [-0.39, 0.29) is 17.6 Å². The molecule has 8 nitrogen and oxygen atoms in total. The second-order valence-electron chi connectivity index (χ2n) is 7.36. The van der Waals surface area contributed by atoms with Crippen LogP contribution in [0.25, 0.3) is 0 Å². The lowest BCUT2D eigenvalue weighted by Crippen LogP contribution is -2.53. The van der Waals surface area contributed by atoms with E-state index in [9.17, 15) is 14.4 Å². The summed E-state index contributed by atoms with van der Waals surface area (Å²) in [5.41, 5.74) is 1.44. The molecule has 1 aliphatic heterocycles. The number of benzene rings is 1. The van der Waals surface area contributed by atoms with Crippen LogP contribution in [0.5, 0.6) is 0 Å². The molecule has 0 N–H and O–H groups in total. The van der Waals surface area contributed by atoms with E-state index in [0.717, 1.165) is 18.8 Å². The molecule has 1 atom stereocenters. The summed E-state index contributed by atoms with van der Waals surface area (Å²) < 4.78 is 10.5. The zero-order valence-electron chi connectivity index (χ0n) is 18.2. The van der Waals surface area contributed by atoms with Gasteiger partial charge < -0.3 is 23.9 Å². The highest BCUT2D eigenvalue weighted by Crippen LogP contribution is 2.17. The normalized spacial score (nSPS) is 14.8. The average molecular weight is 428 g/mol. The van der Waals surface area contributed by atoms with E-state index in [4.69, 9.17) is 9.15 Å². The van der Waals surface area contributed by atoms with Crippen LogP contribution in [-0.2, 0) is 9.53 Å². The van der Waals surface area contributed by atoms with Gasteiger partial charge in [-0.15, -0.1) is 0 Å². The lowest BCUT2D eigenvalue weighted by atomic mass is 10.2. The molecule has 3 rings (SSSR count). The van der Waals surface area contributed by atoms with Crippen molar-refractivity contribution in [1.29, 1.82) is 0 Å². The first kappa shape index (κ1) is 22.4. The Kier molecular flexibility index (Phi) is 7.33. The molecule has 0 bridgehead atoms. The van der Waals surface area contributed by atoms with Crippen molar-refractivity contribution in [2.24, 2.45) is 0 Å². The third kappa shape index (κ3) is 5.25. The number of piperazine rings is 1. The largest absolute Gasteiger partial charge is 0.459 e. The van der Waals surface area contributed by atoms with Gasteiger partial charge in [0.05, 0.1) is 11.8 Å². The fraction of sp³-hybridized carbons (Fsp3) is 0.435. The average Bonchev–Trinajstić information content (AvgIpc) is 3.34. The molecule has 8 heteroatoms. The summed E-state index contributed by atoms with van der Waals surface area (Å²) in [6.07, 6.45) is 0.558. The summed E-state index contributed by atoms with van der Waals surface area (Å²) >= 11 is 0. The molecule has 166 valence electrons.